The molecule has 10 atom stereocenters. The van der Waals surface area contributed by atoms with E-state index in [0.717, 1.165) is 32.1 Å². The first-order valence-corrected chi connectivity index (χ1v) is 12.4. The van der Waals surface area contributed by atoms with Crippen LogP contribution in [-0.4, -0.2) is 125 Å². The molecule has 214 valence electrons. The summed E-state index contributed by atoms with van der Waals surface area (Å²) in [5.41, 5.74) is 8.53. The summed E-state index contributed by atoms with van der Waals surface area (Å²) in [7, 11) is 1.36. The Bertz CT molecular complexity index is 727. The molecule has 2 aliphatic heterocycles. The van der Waals surface area contributed by atoms with E-state index in [1.54, 1.807) is 0 Å². The molecule has 0 saturated carbocycles. The van der Waals surface area contributed by atoms with E-state index < -0.39 is 68.0 Å². The van der Waals surface area contributed by atoms with Gasteiger partial charge < -0.3 is 54.3 Å². The number of rotatable bonds is 15. The highest BCUT2D eigenvalue weighted by molar-refractivity contribution is 5.68. The number of carbonyl (C=O) groups is 1. The van der Waals surface area contributed by atoms with E-state index >= 15 is 0 Å². The molecule has 2 fully saturated rings. The number of esters is 1. The lowest BCUT2D eigenvalue weighted by molar-refractivity contribution is -0.365. The van der Waals surface area contributed by atoms with Crippen molar-refractivity contribution in [2.45, 2.75) is 106 Å². The second kappa shape index (κ2) is 16.4. The summed E-state index contributed by atoms with van der Waals surface area (Å²) in [5, 5.41) is 64.3. The van der Waals surface area contributed by atoms with Gasteiger partial charge >= 0.3 is 5.97 Å². The Kier molecular flexibility index (Phi) is 14.0. The van der Waals surface area contributed by atoms with E-state index in [9.17, 15) is 35.4 Å². The maximum absolute atomic E-state index is 11.1. The second-order valence-electron chi connectivity index (χ2n) is 9.05. The Balaban J connectivity index is 1.91. The molecule has 0 aromatic carbocycles. The Morgan fingerprint density at radius 3 is 2.14 bits per heavy atom. The zero-order valence-electron chi connectivity index (χ0n) is 20.8. The van der Waals surface area contributed by atoms with E-state index in [1.165, 1.54) is 7.11 Å². The van der Waals surface area contributed by atoms with E-state index in [4.69, 9.17) is 24.5 Å². The molecular weight excluding hydrogens is 498 g/mol. The first-order valence-electron chi connectivity index (χ1n) is 12.4. The molecule has 2 rings (SSSR count). The van der Waals surface area contributed by atoms with Gasteiger partial charge in [0.05, 0.1) is 26.4 Å². The van der Waals surface area contributed by atoms with Crippen LogP contribution in [0.3, 0.4) is 0 Å². The summed E-state index contributed by atoms with van der Waals surface area (Å²) in [6, 6.07) is 0. The molecule has 0 bridgehead atoms. The third kappa shape index (κ3) is 9.26. The largest absolute Gasteiger partial charge is 0.469 e. The SMILES string of the molecule is COC(=O)CCCCCCCCO[C@H]1O[C@H](CO)[C@@H](O)[C@H](O)[C@H]1O[C@H]1O[C@H](CN=[N+]=[N-])[C@@H](O)[C@H](O)[C@H]1O. The maximum atomic E-state index is 11.1. The minimum absolute atomic E-state index is 0.197. The Labute approximate surface area is 214 Å². The molecule has 15 heteroatoms. The van der Waals surface area contributed by atoms with Crippen LogP contribution in [0.5, 0.6) is 0 Å². The van der Waals surface area contributed by atoms with Gasteiger partial charge in [0.1, 0.15) is 42.7 Å². The number of nitrogens with zero attached hydrogens (tertiary/aromatic N) is 3. The normalized spacial score (nSPS) is 36.1. The quantitative estimate of drug-likeness (QED) is 0.0478. The summed E-state index contributed by atoms with van der Waals surface area (Å²) in [4.78, 5) is 13.7. The van der Waals surface area contributed by atoms with Gasteiger partial charge in [-0.3, -0.25) is 4.79 Å². The number of methoxy groups -OCH3 is 1. The second-order valence-corrected chi connectivity index (χ2v) is 9.05. The van der Waals surface area contributed by atoms with Crippen molar-refractivity contribution in [1.82, 2.24) is 0 Å². The van der Waals surface area contributed by atoms with Gasteiger partial charge in [-0.1, -0.05) is 30.8 Å². The molecule has 0 amide bonds. The van der Waals surface area contributed by atoms with Gasteiger partial charge in [0.15, 0.2) is 12.6 Å². The van der Waals surface area contributed by atoms with Crippen molar-refractivity contribution in [1.29, 1.82) is 0 Å². The van der Waals surface area contributed by atoms with Crippen molar-refractivity contribution >= 4 is 5.97 Å². The molecule has 0 spiro atoms. The third-order valence-electron chi connectivity index (χ3n) is 6.39. The van der Waals surface area contributed by atoms with Crippen molar-refractivity contribution in [2.24, 2.45) is 5.11 Å². The summed E-state index contributed by atoms with van der Waals surface area (Å²) in [6.07, 6.45) is -9.43. The highest BCUT2D eigenvalue weighted by Gasteiger charge is 2.50. The highest BCUT2D eigenvalue weighted by Crippen LogP contribution is 2.30. The van der Waals surface area contributed by atoms with Gasteiger partial charge in [0.2, 0.25) is 0 Å². The first-order chi connectivity index (χ1) is 17.7. The van der Waals surface area contributed by atoms with E-state index in [-0.39, 0.29) is 19.1 Å². The van der Waals surface area contributed by atoms with Crippen LogP contribution in [0.2, 0.25) is 0 Å². The molecule has 2 heterocycles. The number of azide groups is 1. The molecule has 15 nitrogen and oxygen atoms in total. The summed E-state index contributed by atoms with van der Waals surface area (Å²) < 4.78 is 27.0. The molecule has 6 N–H and O–H groups in total. The van der Waals surface area contributed by atoms with Crippen LogP contribution in [0, 0.1) is 0 Å². The van der Waals surface area contributed by atoms with Crippen molar-refractivity contribution in [2.75, 3.05) is 26.9 Å². The van der Waals surface area contributed by atoms with E-state index in [1.807, 2.05) is 0 Å². The lowest BCUT2D eigenvalue weighted by atomic mass is 9.97. The van der Waals surface area contributed by atoms with Crippen molar-refractivity contribution < 1.29 is 59.1 Å². The monoisotopic (exact) mass is 537 g/mol. The summed E-state index contributed by atoms with van der Waals surface area (Å²) in [6.45, 7) is -0.760. The molecule has 0 aromatic rings. The Hall–Kier alpha value is -1.62. The zero-order chi connectivity index (χ0) is 27.4. The minimum Gasteiger partial charge on any atom is -0.469 e. The fraction of sp³-hybridized carbons (Fsp3) is 0.955. The summed E-state index contributed by atoms with van der Waals surface area (Å²) >= 11 is 0. The van der Waals surface area contributed by atoms with Gasteiger partial charge in [-0.15, -0.1) is 0 Å². The number of hydrogen-bond donors (Lipinski definition) is 6. The third-order valence-corrected chi connectivity index (χ3v) is 6.39. The average molecular weight is 538 g/mol. The fourth-order valence-electron chi connectivity index (χ4n) is 4.17. The van der Waals surface area contributed by atoms with Crippen LogP contribution in [0.15, 0.2) is 5.11 Å². The Morgan fingerprint density at radius 1 is 0.865 bits per heavy atom. The van der Waals surface area contributed by atoms with Crippen LogP contribution in [0.4, 0.5) is 0 Å². The predicted molar refractivity (Wildman–Crippen MR) is 124 cm³/mol. The molecule has 0 aromatic heterocycles. The van der Waals surface area contributed by atoms with Gasteiger partial charge in [-0.25, -0.2) is 0 Å². The van der Waals surface area contributed by atoms with Crippen LogP contribution in [0.25, 0.3) is 10.4 Å². The highest BCUT2D eigenvalue weighted by atomic mass is 16.8. The molecule has 37 heavy (non-hydrogen) atoms. The van der Waals surface area contributed by atoms with E-state index in [2.05, 4.69) is 14.8 Å². The zero-order valence-corrected chi connectivity index (χ0v) is 20.8. The molecule has 0 radical (unpaired) electrons. The summed E-state index contributed by atoms with van der Waals surface area (Å²) in [5.74, 6) is -0.228. The standard InChI is InChI=1S/C22H39N3O12/c1-33-14(27)8-6-4-2-3-5-7-9-34-22-20(18(31)16(29)13(11-26)36-22)37-21-19(32)17(30)15(28)12(35-21)10-24-25-23/h12-13,15-22,26,28-32H,2-11H2,1H3/t12-,13-,15-,16-,17+,18+,19-,20-,21-,22+/m1/s1. The number of ether oxygens (including phenoxy) is 5. The lowest BCUT2D eigenvalue weighted by Crippen LogP contribution is -2.64. The topological polar surface area (TPSA) is 233 Å². The first kappa shape index (κ1) is 31.6. The lowest BCUT2D eigenvalue weighted by Gasteiger charge is -2.46. The fourth-order valence-corrected chi connectivity index (χ4v) is 4.17. The Morgan fingerprint density at radius 2 is 1.49 bits per heavy atom. The number of aliphatic hydroxyl groups is 6. The van der Waals surface area contributed by atoms with Crippen LogP contribution < -0.4 is 0 Å². The molecule has 2 aliphatic rings. The maximum Gasteiger partial charge on any atom is 0.305 e. The van der Waals surface area contributed by atoms with Gasteiger partial charge in [-0.05, 0) is 18.4 Å². The van der Waals surface area contributed by atoms with Gasteiger partial charge in [0, 0.05) is 17.9 Å². The molecular formula is C22H39N3O12. The minimum atomic E-state index is -1.74. The average Bonchev–Trinajstić information content (AvgIpc) is 2.90. The van der Waals surface area contributed by atoms with Gasteiger partial charge in [0.25, 0.3) is 0 Å². The van der Waals surface area contributed by atoms with Crippen molar-refractivity contribution in [3.05, 3.63) is 10.4 Å². The van der Waals surface area contributed by atoms with E-state index in [0.29, 0.717) is 12.8 Å². The smallest absolute Gasteiger partial charge is 0.305 e. The van der Waals surface area contributed by atoms with Gasteiger partial charge in [-0.2, -0.15) is 0 Å². The van der Waals surface area contributed by atoms with Crippen LogP contribution in [-0.2, 0) is 28.5 Å². The number of aliphatic hydroxyl groups excluding tert-OH is 6. The number of unbranched alkanes of at least 4 members (excludes halogenated alkanes) is 5. The van der Waals surface area contributed by atoms with Crippen LogP contribution >= 0.6 is 0 Å². The van der Waals surface area contributed by atoms with Crippen LogP contribution in [0.1, 0.15) is 44.9 Å². The number of carbonyl (C=O) groups excluding carboxylic acids is 1. The molecule has 2 saturated heterocycles. The molecule has 0 unspecified atom stereocenters. The van der Waals surface area contributed by atoms with Crippen molar-refractivity contribution in [3.63, 3.8) is 0 Å². The van der Waals surface area contributed by atoms with Crippen molar-refractivity contribution in [3.8, 4) is 0 Å². The number of hydrogen-bond acceptors (Lipinski definition) is 13. The predicted octanol–water partition coefficient (Wildman–Crippen LogP) is -1.15. The molecule has 0 aliphatic carbocycles.